The second kappa shape index (κ2) is 4.10. The molecule has 15 heavy (non-hydrogen) atoms. The molecule has 1 aromatic heterocycles. The number of furan rings is 1. The third kappa shape index (κ3) is 2.32. The largest absolute Gasteiger partial charge is 0.464 e. The summed E-state index contributed by atoms with van der Waals surface area (Å²) in [4.78, 5) is 0. The molecule has 3 N–H and O–H groups in total. The van der Waals surface area contributed by atoms with Crippen molar-refractivity contribution < 1.29 is 4.42 Å². The van der Waals surface area contributed by atoms with Gasteiger partial charge in [0.25, 0.3) is 0 Å². The average molecular weight is 219 g/mol. The van der Waals surface area contributed by atoms with Crippen molar-refractivity contribution >= 4 is 34.5 Å². The van der Waals surface area contributed by atoms with E-state index in [1.807, 2.05) is 24.3 Å². The van der Waals surface area contributed by atoms with E-state index in [0.29, 0.717) is 0 Å². The lowest BCUT2D eigenvalue weighted by molar-refractivity contribution is 0.616. The maximum absolute atomic E-state index is 5.25. The van der Waals surface area contributed by atoms with E-state index in [9.17, 15) is 0 Å². The number of fused-ring (bicyclic) bond motifs is 1. The summed E-state index contributed by atoms with van der Waals surface area (Å²) in [6, 6.07) is 7.69. The number of hydrogen-bond acceptors (Lipinski definition) is 3. The van der Waals surface area contributed by atoms with Gasteiger partial charge in [-0.15, -0.1) is 0 Å². The van der Waals surface area contributed by atoms with Crippen LogP contribution in [0.15, 0.2) is 40.0 Å². The molecular weight excluding hydrogens is 210 g/mol. The first kappa shape index (κ1) is 9.67. The highest BCUT2D eigenvalue weighted by molar-refractivity contribution is 7.80. The molecule has 0 atom stereocenters. The van der Waals surface area contributed by atoms with E-state index in [4.69, 9.17) is 10.2 Å². The Hall–Kier alpha value is -1.88. The summed E-state index contributed by atoms with van der Waals surface area (Å²) in [5, 5.41) is 5.06. The molecule has 0 spiro atoms. The molecule has 2 aromatic rings. The van der Waals surface area contributed by atoms with E-state index in [0.717, 1.165) is 16.5 Å². The van der Waals surface area contributed by atoms with Crippen molar-refractivity contribution in [1.29, 1.82) is 0 Å². The number of hydrogen-bond donors (Lipinski definition) is 2. The fourth-order valence-electron chi connectivity index (χ4n) is 1.22. The van der Waals surface area contributed by atoms with Crippen LogP contribution in [-0.4, -0.2) is 11.3 Å². The first-order chi connectivity index (χ1) is 7.25. The Bertz CT molecular complexity index is 518. The average Bonchev–Trinajstić information content (AvgIpc) is 2.64. The zero-order valence-electron chi connectivity index (χ0n) is 7.81. The Morgan fingerprint density at radius 1 is 1.47 bits per heavy atom. The monoisotopic (exact) mass is 219 g/mol. The van der Waals surface area contributed by atoms with Crippen LogP contribution in [0, 0.1) is 0 Å². The number of benzene rings is 1. The Balaban J connectivity index is 2.21. The van der Waals surface area contributed by atoms with Crippen LogP contribution in [0.2, 0.25) is 0 Å². The van der Waals surface area contributed by atoms with Crippen LogP contribution in [0.3, 0.4) is 0 Å². The minimum Gasteiger partial charge on any atom is -0.464 e. The maximum Gasteiger partial charge on any atom is 0.184 e. The topological polar surface area (TPSA) is 63.5 Å². The Morgan fingerprint density at radius 2 is 2.33 bits per heavy atom. The summed E-state index contributed by atoms with van der Waals surface area (Å²) in [5.74, 6) is 0. The van der Waals surface area contributed by atoms with Crippen molar-refractivity contribution in [3.63, 3.8) is 0 Å². The predicted molar refractivity (Wildman–Crippen MR) is 63.7 cm³/mol. The van der Waals surface area contributed by atoms with Crippen LogP contribution in [0.1, 0.15) is 5.56 Å². The molecule has 0 fully saturated rings. The lowest BCUT2D eigenvalue weighted by Gasteiger charge is -1.95. The summed E-state index contributed by atoms with van der Waals surface area (Å²) in [6.45, 7) is 0. The number of nitrogens with zero attached hydrogens (tertiary/aromatic N) is 1. The highest BCUT2D eigenvalue weighted by atomic mass is 32.1. The molecule has 0 saturated carbocycles. The fraction of sp³-hybridized carbons (Fsp3) is 0. The number of nitrogens with two attached hydrogens (primary N) is 1. The van der Waals surface area contributed by atoms with Crippen molar-refractivity contribution in [2.75, 3.05) is 0 Å². The van der Waals surface area contributed by atoms with Gasteiger partial charge in [0.1, 0.15) is 5.58 Å². The van der Waals surface area contributed by atoms with Gasteiger partial charge < -0.3 is 10.2 Å². The molecular formula is C10H9N3OS. The van der Waals surface area contributed by atoms with Gasteiger partial charge in [0.15, 0.2) is 5.11 Å². The van der Waals surface area contributed by atoms with Crippen molar-refractivity contribution in [3.8, 4) is 0 Å². The normalized spacial score (nSPS) is 10.9. The van der Waals surface area contributed by atoms with Crippen LogP contribution >= 0.6 is 12.2 Å². The standard InChI is InChI=1S/C10H9N3OS/c11-10(15)13-12-6-7-1-2-8-3-4-14-9(8)5-7/h1-6H,(H3,11,13,15). The first-order valence-corrected chi connectivity index (χ1v) is 4.72. The number of hydrazone groups is 1. The summed E-state index contributed by atoms with van der Waals surface area (Å²) >= 11 is 4.61. The zero-order chi connectivity index (χ0) is 10.7. The van der Waals surface area contributed by atoms with E-state index in [1.165, 1.54) is 0 Å². The molecule has 0 aliphatic rings. The molecule has 5 heteroatoms. The Kier molecular flexibility index (Phi) is 2.64. The smallest absolute Gasteiger partial charge is 0.184 e. The van der Waals surface area contributed by atoms with E-state index in [-0.39, 0.29) is 5.11 Å². The van der Waals surface area contributed by atoms with Gasteiger partial charge in [-0.3, -0.25) is 5.43 Å². The molecule has 76 valence electrons. The second-order valence-electron chi connectivity index (χ2n) is 2.95. The predicted octanol–water partition coefficient (Wildman–Crippen LogP) is 1.60. The van der Waals surface area contributed by atoms with Gasteiger partial charge >= 0.3 is 0 Å². The van der Waals surface area contributed by atoms with E-state index >= 15 is 0 Å². The molecule has 2 rings (SSSR count). The third-order valence-electron chi connectivity index (χ3n) is 1.87. The SMILES string of the molecule is NC(=S)NN=Cc1ccc2ccoc2c1. The fourth-order valence-corrected chi connectivity index (χ4v) is 1.27. The van der Waals surface area contributed by atoms with Crippen LogP contribution < -0.4 is 11.2 Å². The quantitative estimate of drug-likeness (QED) is 0.457. The molecule has 0 saturated heterocycles. The molecule has 4 nitrogen and oxygen atoms in total. The molecule has 0 aliphatic heterocycles. The van der Waals surface area contributed by atoms with Gasteiger partial charge in [-0.2, -0.15) is 5.10 Å². The first-order valence-electron chi connectivity index (χ1n) is 4.31. The van der Waals surface area contributed by atoms with Crippen molar-refractivity contribution in [2.45, 2.75) is 0 Å². The number of thiocarbonyl (C=S) groups is 1. The summed E-state index contributed by atoms with van der Waals surface area (Å²) in [5.41, 5.74) is 9.45. The Labute approximate surface area is 91.8 Å². The lowest BCUT2D eigenvalue weighted by atomic mass is 10.2. The molecule has 0 unspecified atom stereocenters. The maximum atomic E-state index is 5.25. The van der Waals surface area contributed by atoms with Crippen molar-refractivity contribution in [1.82, 2.24) is 5.43 Å². The molecule has 0 radical (unpaired) electrons. The van der Waals surface area contributed by atoms with E-state index in [1.54, 1.807) is 12.5 Å². The Morgan fingerprint density at radius 3 is 3.13 bits per heavy atom. The van der Waals surface area contributed by atoms with Crippen molar-refractivity contribution in [2.24, 2.45) is 10.8 Å². The van der Waals surface area contributed by atoms with Gasteiger partial charge in [-0.05, 0) is 29.9 Å². The van der Waals surface area contributed by atoms with Gasteiger partial charge in [0.2, 0.25) is 0 Å². The minimum atomic E-state index is 0.144. The summed E-state index contributed by atoms with van der Waals surface area (Å²) < 4.78 is 5.25. The van der Waals surface area contributed by atoms with Crippen LogP contribution in [0.5, 0.6) is 0 Å². The highest BCUT2D eigenvalue weighted by Gasteiger charge is 1.96. The van der Waals surface area contributed by atoms with Crippen LogP contribution in [0.25, 0.3) is 11.0 Å². The molecule has 0 aliphatic carbocycles. The van der Waals surface area contributed by atoms with E-state index < -0.39 is 0 Å². The van der Waals surface area contributed by atoms with Gasteiger partial charge in [-0.1, -0.05) is 12.1 Å². The van der Waals surface area contributed by atoms with Crippen LogP contribution in [0.4, 0.5) is 0 Å². The highest BCUT2D eigenvalue weighted by Crippen LogP contribution is 2.15. The lowest BCUT2D eigenvalue weighted by Crippen LogP contribution is -2.23. The molecule has 1 aromatic carbocycles. The second-order valence-corrected chi connectivity index (χ2v) is 3.39. The van der Waals surface area contributed by atoms with Gasteiger partial charge in [-0.25, -0.2) is 0 Å². The van der Waals surface area contributed by atoms with Gasteiger partial charge in [0, 0.05) is 5.39 Å². The van der Waals surface area contributed by atoms with Crippen LogP contribution in [-0.2, 0) is 0 Å². The molecule has 1 heterocycles. The van der Waals surface area contributed by atoms with E-state index in [2.05, 4.69) is 22.7 Å². The van der Waals surface area contributed by atoms with Gasteiger partial charge in [0.05, 0.1) is 12.5 Å². The zero-order valence-corrected chi connectivity index (χ0v) is 8.62. The summed E-state index contributed by atoms with van der Waals surface area (Å²) in [6.07, 6.45) is 3.28. The molecule has 0 amide bonds. The third-order valence-corrected chi connectivity index (χ3v) is 1.96. The number of rotatable bonds is 2. The minimum absolute atomic E-state index is 0.144. The molecule has 0 bridgehead atoms. The summed E-state index contributed by atoms with van der Waals surface area (Å²) in [7, 11) is 0. The number of nitrogens with one attached hydrogen (secondary N) is 1. The van der Waals surface area contributed by atoms with Crippen molar-refractivity contribution in [3.05, 3.63) is 36.1 Å².